The molecule has 1 aliphatic rings. The van der Waals surface area contributed by atoms with Crippen LogP contribution in [0.25, 0.3) is 0 Å². The molecule has 1 heterocycles. The summed E-state index contributed by atoms with van der Waals surface area (Å²) < 4.78 is 43.7. The molecule has 1 atom stereocenters. The lowest BCUT2D eigenvalue weighted by Crippen LogP contribution is -2.52. The summed E-state index contributed by atoms with van der Waals surface area (Å²) in [6.07, 6.45) is 0. The van der Waals surface area contributed by atoms with E-state index < -0.39 is 28.5 Å². The molecule has 3 rings (SSSR count). The topological polar surface area (TPSA) is 114 Å². The summed E-state index contributed by atoms with van der Waals surface area (Å²) >= 11 is 0. The van der Waals surface area contributed by atoms with Gasteiger partial charge in [0, 0.05) is 18.7 Å². The lowest BCUT2D eigenvalue weighted by atomic mass is 10.1. The predicted octanol–water partition coefficient (Wildman–Crippen LogP) is 2.56. The molecular weight excluding hydrogens is 498 g/mol. The summed E-state index contributed by atoms with van der Waals surface area (Å²) in [7, 11) is -2.30. The molecule has 2 aromatic rings. The van der Waals surface area contributed by atoms with Crippen molar-refractivity contribution in [2.45, 2.75) is 46.3 Å². The van der Waals surface area contributed by atoms with Crippen LogP contribution < -0.4 is 23.8 Å². The number of rotatable bonds is 11. The zero-order chi connectivity index (χ0) is 27.2. The molecule has 1 aliphatic heterocycles. The molecule has 0 fully saturated rings. The Hall–Kier alpha value is -3.47. The first-order valence-electron chi connectivity index (χ1n) is 12.2. The van der Waals surface area contributed by atoms with Gasteiger partial charge in [-0.15, -0.1) is 0 Å². The Morgan fingerprint density at radius 1 is 1.05 bits per heavy atom. The third-order valence-corrected chi connectivity index (χ3v) is 7.62. The average Bonchev–Trinajstić information content (AvgIpc) is 2.89. The summed E-state index contributed by atoms with van der Waals surface area (Å²) in [5.41, 5.74) is 1.01. The second kappa shape index (κ2) is 12.2. The minimum atomic E-state index is -3.85. The number of benzene rings is 2. The number of amides is 2. The van der Waals surface area contributed by atoms with Crippen molar-refractivity contribution >= 4 is 27.5 Å². The van der Waals surface area contributed by atoms with Gasteiger partial charge in [0.25, 0.3) is 0 Å². The van der Waals surface area contributed by atoms with Crippen molar-refractivity contribution in [3.05, 3.63) is 48.0 Å². The molecule has 202 valence electrons. The highest BCUT2D eigenvalue weighted by Gasteiger charge is 2.31. The second-order valence-corrected chi connectivity index (χ2v) is 11.1. The van der Waals surface area contributed by atoms with E-state index in [0.29, 0.717) is 30.5 Å². The van der Waals surface area contributed by atoms with Gasteiger partial charge in [0.2, 0.25) is 21.8 Å². The number of methoxy groups -OCH3 is 1. The zero-order valence-corrected chi connectivity index (χ0v) is 22.7. The minimum absolute atomic E-state index is 0.0872. The maximum atomic E-state index is 13.7. The lowest BCUT2D eigenvalue weighted by molar-refractivity contribution is -0.139. The van der Waals surface area contributed by atoms with Crippen molar-refractivity contribution in [3.8, 4) is 17.2 Å². The van der Waals surface area contributed by atoms with Crippen molar-refractivity contribution in [1.29, 1.82) is 0 Å². The molecule has 2 amide bonds. The highest BCUT2D eigenvalue weighted by atomic mass is 32.2. The van der Waals surface area contributed by atoms with Crippen LogP contribution in [0.4, 0.5) is 5.69 Å². The van der Waals surface area contributed by atoms with E-state index in [2.05, 4.69) is 5.32 Å². The van der Waals surface area contributed by atoms with Crippen LogP contribution in [0.5, 0.6) is 17.2 Å². The molecule has 0 aromatic heterocycles. The summed E-state index contributed by atoms with van der Waals surface area (Å²) in [6, 6.07) is 10.9. The maximum absolute atomic E-state index is 13.7. The summed E-state index contributed by atoms with van der Waals surface area (Å²) in [6.45, 7) is 7.13. The third kappa shape index (κ3) is 7.06. The number of nitrogens with zero attached hydrogens (tertiary/aromatic N) is 2. The number of hydrogen-bond donors (Lipinski definition) is 1. The van der Waals surface area contributed by atoms with E-state index >= 15 is 0 Å². The number of fused-ring (bicyclic) bond motifs is 1. The highest BCUT2D eigenvalue weighted by molar-refractivity contribution is 7.92. The smallest absolute Gasteiger partial charge is 0.244 e. The molecule has 0 bridgehead atoms. The second-order valence-electron chi connectivity index (χ2n) is 8.95. The SMILES string of the molecule is CCS(=O)(=O)N(CC(=O)N(Cc1cccc(OC)c1)C(C)C(=O)NC(C)C)c1ccc2c(c1)OCCO2. The van der Waals surface area contributed by atoms with Gasteiger partial charge in [-0.25, -0.2) is 8.42 Å². The van der Waals surface area contributed by atoms with Crippen LogP contribution in [0.15, 0.2) is 42.5 Å². The first-order chi connectivity index (χ1) is 17.6. The Morgan fingerprint density at radius 3 is 2.41 bits per heavy atom. The molecule has 11 heteroatoms. The van der Waals surface area contributed by atoms with Crippen LogP contribution in [0.3, 0.4) is 0 Å². The van der Waals surface area contributed by atoms with Gasteiger partial charge in [-0.2, -0.15) is 0 Å². The molecule has 0 radical (unpaired) electrons. The Kier molecular flexibility index (Phi) is 9.25. The van der Waals surface area contributed by atoms with Crippen molar-refractivity contribution < 1.29 is 32.2 Å². The lowest BCUT2D eigenvalue weighted by Gasteiger charge is -2.32. The van der Waals surface area contributed by atoms with Gasteiger partial charge < -0.3 is 24.4 Å². The number of carbonyl (C=O) groups excluding carboxylic acids is 2. The van der Waals surface area contributed by atoms with Crippen molar-refractivity contribution in [1.82, 2.24) is 10.2 Å². The van der Waals surface area contributed by atoms with E-state index in [1.54, 1.807) is 50.4 Å². The molecule has 10 nitrogen and oxygen atoms in total. The quantitative estimate of drug-likeness (QED) is 0.472. The van der Waals surface area contributed by atoms with Gasteiger partial charge in [-0.1, -0.05) is 12.1 Å². The first kappa shape index (κ1) is 28.1. The number of ether oxygens (including phenoxy) is 3. The molecule has 0 saturated heterocycles. The van der Waals surface area contributed by atoms with Crippen LogP contribution in [0.2, 0.25) is 0 Å². The fourth-order valence-corrected chi connectivity index (χ4v) is 4.92. The van der Waals surface area contributed by atoms with Crippen molar-refractivity contribution in [2.75, 3.05) is 36.9 Å². The number of carbonyl (C=O) groups is 2. The van der Waals surface area contributed by atoms with Gasteiger partial charge >= 0.3 is 0 Å². The fraction of sp³-hybridized carbons (Fsp3) is 0.462. The number of anilines is 1. The van der Waals surface area contributed by atoms with E-state index in [1.807, 2.05) is 19.9 Å². The predicted molar refractivity (Wildman–Crippen MR) is 141 cm³/mol. The maximum Gasteiger partial charge on any atom is 0.244 e. The summed E-state index contributed by atoms with van der Waals surface area (Å²) in [5, 5.41) is 2.83. The minimum Gasteiger partial charge on any atom is -0.497 e. The summed E-state index contributed by atoms with van der Waals surface area (Å²) in [5.74, 6) is 0.444. The van der Waals surface area contributed by atoms with E-state index in [4.69, 9.17) is 14.2 Å². The van der Waals surface area contributed by atoms with Crippen LogP contribution in [-0.4, -0.2) is 69.8 Å². The van der Waals surface area contributed by atoms with Gasteiger partial charge in [-0.05, 0) is 57.5 Å². The molecule has 0 spiro atoms. The van der Waals surface area contributed by atoms with E-state index in [0.717, 1.165) is 9.87 Å². The first-order valence-corrected chi connectivity index (χ1v) is 13.8. The Morgan fingerprint density at radius 2 is 1.76 bits per heavy atom. The van der Waals surface area contributed by atoms with Crippen LogP contribution in [0.1, 0.15) is 33.3 Å². The van der Waals surface area contributed by atoms with E-state index in [9.17, 15) is 18.0 Å². The third-order valence-electron chi connectivity index (χ3n) is 5.88. The van der Waals surface area contributed by atoms with Crippen molar-refractivity contribution in [2.24, 2.45) is 0 Å². The van der Waals surface area contributed by atoms with E-state index in [-0.39, 0.29) is 29.9 Å². The molecular formula is C26H35N3O7S. The molecule has 1 N–H and O–H groups in total. The number of hydrogen-bond acceptors (Lipinski definition) is 7. The molecule has 1 unspecified atom stereocenters. The Balaban J connectivity index is 1.96. The number of sulfonamides is 1. The zero-order valence-electron chi connectivity index (χ0n) is 21.9. The van der Waals surface area contributed by atoms with Gasteiger partial charge in [0.1, 0.15) is 31.5 Å². The van der Waals surface area contributed by atoms with Crippen LogP contribution in [0, 0.1) is 0 Å². The van der Waals surface area contributed by atoms with Gasteiger partial charge in [0.05, 0.1) is 18.6 Å². The standard InChI is InChI=1S/C26H35N3O7S/c1-6-37(32,33)29(21-10-11-23-24(15-21)36-13-12-35-23)17-25(30)28(19(4)26(31)27-18(2)3)16-20-8-7-9-22(14-20)34-5/h7-11,14-15,18-19H,6,12-13,16-17H2,1-5H3,(H,27,31). The average molecular weight is 534 g/mol. The van der Waals surface area contributed by atoms with Crippen LogP contribution in [-0.2, 0) is 26.2 Å². The Labute approximate surface area is 218 Å². The van der Waals surface area contributed by atoms with E-state index in [1.165, 1.54) is 11.8 Å². The van der Waals surface area contributed by atoms with Gasteiger partial charge in [0.15, 0.2) is 11.5 Å². The Bertz CT molecular complexity index is 1220. The number of nitrogens with one attached hydrogen (secondary N) is 1. The fourth-order valence-electron chi connectivity index (χ4n) is 3.86. The molecule has 2 aromatic carbocycles. The monoisotopic (exact) mass is 533 g/mol. The largest absolute Gasteiger partial charge is 0.497 e. The van der Waals surface area contributed by atoms with Crippen molar-refractivity contribution in [3.63, 3.8) is 0 Å². The highest BCUT2D eigenvalue weighted by Crippen LogP contribution is 2.35. The molecule has 0 aliphatic carbocycles. The normalized spacial score (nSPS) is 13.6. The molecule has 37 heavy (non-hydrogen) atoms. The van der Waals surface area contributed by atoms with Gasteiger partial charge in [-0.3, -0.25) is 13.9 Å². The summed E-state index contributed by atoms with van der Waals surface area (Å²) in [4.78, 5) is 28.0. The van der Waals surface area contributed by atoms with Crippen LogP contribution >= 0.6 is 0 Å². The molecule has 0 saturated carbocycles.